The molecule has 0 amide bonds. The van der Waals surface area contributed by atoms with E-state index in [2.05, 4.69) is 189 Å². The fourth-order valence-corrected chi connectivity index (χ4v) is 7.58. The summed E-state index contributed by atoms with van der Waals surface area (Å²) in [6.45, 7) is 5.40. The number of carboxylic acid groups (broad SMARTS) is 3. The van der Waals surface area contributed by atoms with Crippen LogP contribution in [0.25, 0.3) is 22.3 Å². The van der Waals surface area contributed by atoms with Gasteiger partial charge in [-0.2, -0.15) is 0 Å². The van der Waals surface area contributed by atoms with E-state index in [1.165, 1.54) is 55.7 Å². The third-order valence-corrected chi connectivity index (χ3v) is 11.0. The molecule has 0 radical (unpaired) electrons. The Morgan fingerprint density at radius 3 is 1.10 bits per heavy atom. The van der Waals surface area contributed by atoms with Crippen molar-refractivity contribution in [1.82, 2.24) is 9.80 Å². The molecule has 0 bridgehead atoms. The van der Waals surface area contributed by atoms with E-state index in [0.717, 1.165) is 37.4 Å². The Morgan fingerprint density at radius 2 is 0.800 bits per heavy atom. The number of allylic oxidation sites excluding steroid dienone is 2. The lowest BCUT2D eigenvalue weighted by Gasteiger charge is -2.18. The highest BCUT2D eigenvalue weighted by atomic mass is 35.5. The molecule has 368 valence electrons. The third kappa shape index (κ3) is 18.1. The molecule has 11 nitrogen and oxygen atoms in total. The van der Waals surface area contributed by atoms with Gasteiger partial charge in [-0.1, -0.05) is 153 Å². The molecule has 0 aliphatic carbocycles. The Kier molecular flexibility index (Phi) is 23.1. The summed E-state index contributed by atoms with van der Waals surface area (Å²) in [5.41, 5.74) is 9.67. The van der Waals surface area contributed by atoms with Crippen LogP contribution in [-0.4, -0.2) is 114 Å². The predicted octanol–water partition coefficient (Wildman–Crippen LogP) is 11.0. The van der Waals surface area contributed by atoms with Gasteiger partial charge in [-0.15, -0.1) is 11.6 Å². The first-order valence-electron chi connectivity index (χ1n) is 23.0. The van der Waals surface area contributed by atoms with Crippen molar-refractivity contribution in [2.75, 3.05) is 60.4 Å². The van der Waals surface area contributed by atoms with Gasteiger partial charge in [-0.25, -0.2) is 4.79 Å². The number of carboxylic acids is 3. The summed E-state index contributed by atoms with van der Waals surface area (Å²) in [4.78, 5) is 34.7. The molecule has 12 heteroatoms. The number of nitrogens with zero attached hydrogens (tertiary/aromatic N) is 2. The van der Waals surface area contributed by atoms with Gasteiger partial charge in [0.1, 0.15) is 24.7 Å². The van der Waals surface area contributed by atoms with Crippen molar-refractivity contribution in [3.8, 4) is 11.5 Å². The molecule has 0 unspecified atom stereocenters. The van der Waals surface area contributed by atoms with Gasteiger partial charge < -0.3 is 39.7 Å². The summed E-state index contributed by atoms with van der Waals surface area (Å²) in [7, 11) is 8.20. The number of halogens is 1. The van der Waals surface area contributed by atoms with Crippen LogP contribution in [0.5, 0.6) is 11.5 Å². The number of aliphatic hydroxyl groups is 1. The van der Waals surface area contributed by atoms with Crippen LogP contribution in [0.4, 0.5) is 0 Å². The topological polar surface area (TPSA) is 157 Å². The Morgan fingerprint density at radius 1 is 0.486 bits per heavy atom. The van der Waals surface area contributed by atoms with E-state index >= 15 is 0 Å². The van der Waals surface area contributed by atoms with Crippen LogP contribution in [0.3, 0.4) is 0 Å². The Labute approximate surface area is 417 Å². The van der Waals surface area contributed by atoms with Gasteiger partial charge in [-0.05, 0) is 121 Å². The van der Waals surface area contributed by atoms with Crippen LogP contribution in [0, 0.1) is 0 Å². The molecule has 0 saturated heterocycles. The van der Waals surface area contributed by atoms with E-state index in [-0.39, 0.29) is 0 Å². The van der Waals surface area contributed by atoms with Gasteiger partial charge in [0, 0.05) is 19.0 Å². The molecule has 6 aromatic carbocycles. The zero-order valence-corrected chi connectivity index (χ0v) is 41.4. The molecule has 0 saturated carbocycles. The van der Waals surface area contributed by atoms with Crippen molar-refractivity contribution >= 4 is 51.8 Å². The average Bonchev–Trinajstić information content (AvgIpc) is 3.34. The standard InChI is InChI=1S/C26H28ClNO.C26H29NO.C6H8O7/c1-28(2)19-20-29-24-15-13-23(14-16-24)26(22-11-7-4-8-12-22)25(17-18-27)21-9-5-3-6-10-21;1-4-25(21-11-7-5-8-12-21)26(22-13-9-6-10-14-22)23-15-17-24(18-16-23)28-20-19-27(2)3;7-3(8)1-6(13,5(11)12)2-4(9)10/h3-16H,17-20H2,1-2H3;5-18H,4,19-20H2,1-3H3;13H,1-2H2,(H,7,8)(H,9,10)(H,11,12)/b2*26-25-;. The quantitative estimate of drug-likeness (QED) is 0.0379. The van der Waals surface area contributed by atoms with Crippen molar-refractivity contribution in [1.29, 1.82) is 0 Å². The van der Waals surface area contributed by atoms with Crippen LogP contribution >= 0.6 is 11.6 Å². The van der Waals surface area contributed by atoms with E-state index in [1.54, 1.807) is 0 Å². The minimum absolute atomic E-state index is 0.576. The number of hydrogen-bond acceptors (Lipinski definition) is 8. The van der Waals surface area contributed by atoms with Gasteiger partial charge in [0.05, 0.1) is 12.8 Å². The van der Waals surface area contributed by atoms with Crippen molar-refractivity contribution in [2.45, 2.75) is 38.2 Å². The smallest absolute Gasteiger partial charge is 0.336 e. The van der Waals surface area contributed by atoms with Crippen molar-refractivity contribution in [3.63, 3.8) is 0 Å². The van der Waals surface area contributed by atoms with Crippen molar-refractivity contribution in [3.05, 3.63) is 203 Å². The fraction of sp³-hybridized carbons (Fsp3) is 0.259. The van der Waals surface area contributed by atoms with Crippen LogP contribution in [-0.2, 0) is 14.4 Å². The van der Waals surface area contributed by atoms with Gasteiger partial charge in [-0.3, -0.25) is 9.59 Å². The summed E-state index contributed by atoms with van der Waals surface area (Å²) < 4.78 is 11.7. The van der Waals surface area contributed by atoms with Gasteiger partial charge in [0.15, 0.2) is 5.60 Å². The van der Waals surface area contributed by atoms with Crippen LogP contribution < -0.4 is 9.47 Å². The van der Waals surface area contributed by atoms with E-state index in [4.69, 9.17) is 41.5 Å². The molecule has 4 N–H and O–H groups in total. The zero-order chi connectivity index (χ0) is 50.9. The zero-order valence-electron chi connectivity index (χ0n) is 40.6. The molecule has 6 rings (SSSR count). The van der Waals surface area contributed by atoms with Gasteiger partial charge in [0.2, 0.25) is 0 Å². The molecule has 6 aromatic rings. The monoisotopic (exact) mass is 968 g/mol. The number of benzene rings is 6. The van der Waals surface area contributed by atoms with Crippen molar-refractivity contribution in [2.24, 2.45) is 0 Å². The van der Waals surface area contributed by atoms with Crippen LogP contribution in [0.1, 0.15) is 66.0 Å². The van der Waals surface area contributed by atoms with Crippen LogP contribution in [0.15, 0.2) is 170 Å². The number of alkyl halides is 1. The first-order valence-corrected chi connectivity index (χ1v) is 23.6. The maximum atomic E-state index is 10.3. The van der Waals surface area contributed by atoms with Gasteiger partial charge >= 0.3 is 17.9 Å². The number of likely N-dealkylation sites (N-methyl/N-ethyl adjacent to an activating group) is 2. The Bertz CT molecular complexity index is 2550. The summed E-state index contributed by atoms with van der Waals surface area (Å²) in [5, 5.41) is 33.8. The lowest BCUT2D eigenvalue weighted by atomic mass is 9.88. The minimum atomic E-state index is -2.74. The number of hydrogen-bond donors (Lipinski definition) is 4. The van der Waals surface area contributed by atoms with E-state index in [1.807, 2.05) is 26.2 Å². The average molecular weight is 970 g/mol. The Hall–Kier alpha value is -7.02. The SMILES string of the molecule is CC/C(=C(\c1ccccc1)c1ccc(OCCN(C)C)cc1)c1ccccc1.CN(C)CCOc1ccc(/C(=C(/CCCl)c2ccccc2)c2ccccc2)cc1.O=C(O)CC(O)(CC(=O)O)C(=O)O. The van der Waals surface area contributed by atoms with E-state index in [0.29, 0.717) is 19.1 Å². The second-order valence-electron chi connectivity index (χ2n) is 16.8. The van der Waals surface area contributed by atoms with E-state index < -0.39 is 36.4 Å². The first kappa shape index (κ1) is 55.6. The van der Waals surface area contributed by atoms with E-state index in [9.17, 15) is 14.4 Å². The molecule has 0 aromatic heterocycles. The number of ether oxygens (including phenoxy) is 2. The summed E-state index contributed by atoms with van der Waals surface area (Å²) in [6, 6.07) is 59.3. The molecule has 0 aliphatic heterocycles. The molecule has 0 spiro atoms. The lowest BCUT2D eigenvalue weighted by Crippen LogP contribution is -2.42. The normalized spacial score (nSPS) is 11.8. The van der Waals surface area contributed by atoms with Crippen LogP contribution in [0.2, 0.25) is 0 Å². The molecule has 0 heterocycles. The number of aliphatic carboxylic acids is 3. The molecule has 0 fully saturated rings. The predicted molar refractivity (Wildman–Crippen MR) is 281 cm³/mol. The maximum Gasteiger partial charge on any atom is 0.336 e. The highest BCUT2D eigenvalue weighted by Crippen LogP contribution is 2.37. The summed E-state index contributed by atoms with van der Waals surface area (Å²) in [5.74, 6) is -2.64. The second-order valence-corrected chi connectivity index (χ2v) is 17.2. The minimum Gasteiger partial charge on any atom is -0.492 e. The third-order valence-electron chi connectivity index (χ3n) is 10.9. The summed E-state index contributed by atoms with van der Waals surface area (Å²) >= 11 is 6.21. The first-order chi connectivity index (χ1) is 33.6. The lowest BCUT2D eigenvalue weighted by molar-refractivity contribution is -0.170. The molecule has 0 atom stereocenters. The Balaban J connectivity index is 0.000000245. The molecule has 70 heavy (non-hydrogen) atoms. The highest BCUT2D eigenvalue weighted by molar-refractivity contribution is 6.18. The number of rotatable bonds is 22. The van der Waals surface area contributed by atoms with Gasteiger partial charge in [0.25, 0.3) is 0 Å². The molecular weight excluding hydrogens is 904 g/mol. The second kappa shape index (κ2) is 29.1. The maximum absolute atomic E-state index is 10.3. The number of carbonyl (C=O) groups is 3. The fourth-order valence-electron chi connectivity index (χ4n) is 7.39. The van der Waals surface area contributed by atoms with Crippen molar-refractivity contribution < 1.29 is 44.3 Å². The summed E-state index contributed by atoms with van der Waals surface area (Å²) in [6.07, 6.45) is -0.518. The largest absolute Gasteiger partial charge is 0.492 e. The molecular formula is C58H65ClN2O9. The highest BCUT2D eigenvalue weighted by Gasteiger charge is 2.40. The molecule has 0 aliphatic rings.